The van der Waals surface area contributed by atoms with E-state index in [4.69, 9.17) is 0 Å². The zero-order valence-electron chi connectivity index (χ0n) is 19.4. The molecule has 6 nitrogen and oxygen atoms in total. The number of rotatable bonds is 6. The average molecular weight is 445 g/mol. The van der Waals surface area contributed by atoms with Gasteiger partial charge in [-0.25, -0.2) is 4.98 Å². The van der Waals surface area contributed by atoms with Gasteiger partial charge >= 0.3 is 0 Å². The Kier molecular flexibility index (Phi) is 4.75. The minimum Gasteiger partial charge on any atom is -0.508 e. The molecule has 5 atom stereocenters. The van der Waals surface area contributed by atoms with Crippen LogP contribution in [0.2, 0.25) is 0 Å². The van der Waals surface area contributed by atoms with Gasteiger partial charge in [0.1, 0.15) is 5.75 Å². The van der Waals surface area contributed by atoms with Crippen LogP contribution in [0.4, 0.5) is 0 Å². The van der Waals surface area contributed by atoms with Crippen LogP contribution >= 0.6 is 0 Å². The lowest BCUT2D eigenvalue weighted by atomic mass is 9.89. The number of phenolic OH excluding ortho intramolecular Hbond substituents is 1. The predicted molar refractivity (Wildman–Crippen MR) is 128 cm³/mol. The number of nitrogens with zero attached hydrogens (tertiary/aromatic N) is 2. The number of hydrogen-bond acceptors (Lipinski definition) is 4. The smallest absolute Gasteiger partial charge is 0.252 e. The SMILES string of the molecule is CCCCC1C2CCC3CC(NC(=O)c4cc(-c5ccc(O)cc5)nc5n[nH]c(C)c45)CC312. The lowest BCUT2D eigenvalue weighted by molar-refractivity contribution is 0.0937. The maximum Gasteiger partial charge on any atom is 0.252 e. The molecule has 3 N–H and O–H groups in total. The van der Waals surface area contributed by atoms with E-state index in [0.717, 1.165) is 47.2 Å². The minimum absolute atomic E-state index is 0.0318. The highest BCUT2D eigenvalue weighted by molar-refractivity contribution is 6.07. The van der Waals surface area contributed by atoms with E-state index < -0.39 is 0 Å². The molecule has 1 aromatic carbocycles. The molecule has 0 radical (unpaired) electrons. The molecule has 0 aliphatic heterocycles. The molecule has 1 amide bonds. The second-order valence-corrected chi connectivity index (χ2v) is 10.5. The molecule has 6 rings (SSSR count). The first-order valence-electron chi connectivity index (χ1n) is 12.5. The summed E-state index contributed by atoms with van der Waals surface area (Å²) in [7, 11) is 0. The van der Waals surface area contributed by atoms with Crippen molar-refractivity contribution in [1.29, 1.82) is 0 Å². The number of phenols is 1. The van der Waals surface area contributed by atoms with Crippen molar-refractivity contribution in [2.24, 2.45) is 23.2 Å². The van der Waals surface area contributed by atoms with E-state index in [1.54, 1.807) is 12.1 Å². The van der Waals surface area contributed by atoms with Crippen LogP contribution in [0.1, 0.15) is 67.9 Å². The van der Waals surface area contributed by atoms with Crippen LogP contribution in [0.25, 0.3) is 22.3 Å². The van der Waals surface area contributed by atoms with Gasteiger partial charge in [-0.3, -0.25) is 9.89 Å². The fourth-order valence-electron chi connectivity index (χ4n) is 7.42. The maximum atomic E-state index is 13.6. The molecule has 3 aliphatic rings. The number of carbonyl (C=O) groups excluding carboxylic acids is 1. The van der Waals surface area contributed by atoms with E-state index in [1.807, 2.05) is 25.1 Å². The number of nitrogens with one attached hydrogen (secondary N) is 2. The van der Waals surface area contributed by atoms with Crippen LogP contribution in [-0.2, 0) is 0 Å². The molecule has 3 fully saturated rings. The number of amides is 1. The van der Waals surface area contributed by atoms with E-state index in [0.29, 0.717) is 22.3 Å². The molecule has 33 heavy (non-hydrogen) atoms. The molecule has 0 saturated heterocycles. The summed E-state index contributed by atoms with van der Waals surface area (Å²) in [5.74, 6) is 2.75. The van der Waals surface area contributed by atoms with Crippen molar-refractivity contribution in [1.82, 2.24) is 20.5 Å². The van der Waals surface area contributed by atoms with Crippen LogP contribution in [0.3, 0.4) is 0 Å². The van der Waals surface area contributed by atoms with Crippen LogP contribution < -0.4 is 5.32 Å². The van der Waals surface area contributed by atoms with Crippen LogP contribution in [0.5, 0.6) is 5.75 Å². The Morgan fingerprint density at radius 3 is 2.88 bits per heavy atom. The molecule has 1 spiro atoms. The van der Waals surface area contributed by atoms with Crippen LogP contribution in [0, 0.1) is 30.1 Å². The molecule has 6 heteroatoms. The highest BCUT2D eigenvalue weighted by Crippen LogP contribution is 2.77. The van der Waals surface area contributed by atoms with Crippen molar-refractivity contribution in [3.05, 3.63) is 41.6 Å². The van der Waals surface area contributed by atoms with Gasteiger partial charge < -0.3 is 10.4 Å². The summed E-state index contributed by atoms with van der Waals surface area (Å²) in [6.45, 7) is 4.21. The Morgan fingerprint density at radius 2 is 2.09 bits per heavy atom. The molecule has 5 unspecified atom stereocenters. The standard InChI is InChI=1S/C27H32N4O2/c1-3-4-5-21-22-11-8-17-12-18(14-27(17,21)22)28-26(33)20-13-23(16-6-9-19(32)10-7-16)29-25-24(20)15(2)30-31-25/h6-7,9-10,13,17-18,21-22,32H,3-5,8,11-12,14H2,1-2H3,(H,28,33)(H,29,30,31). The van der Waals surface area contributed by atoms with E-state index in [9.17, 15) is 9.90 Å². The Morgan fingerprint density at radius 1 is 1.27 bits per heavy atom. The lowest BCUT2D eigenvalue weighted by Gasteiger charge is -2.16. The van der Waals surface area contributed by atoms with Crippen molar-refractivity contribution in [3.63, 3.8) is 0 Å². The summed E-state index contributed by atoms with van der Waals surface area (Å²) >= 11 is 0. The fourth-order valence-corrected chi connectivity index (χ4v) is 7.42. The first kappa shape index (κ1) is 20.7. The first-order chi connectivity index (χ1) is 16.0. The van der Waals surface area contributed by atoms with Crippen molar-refractivity contribution in [2.45, 2.75) is 64.8 Å². The van der Waals surface area contributed by atoms with Crippen LogP contribution in [-0.4, -0.2) is 32.2 Å². The van der Waals surface area contributed by atoms with Crippen LogP contribution in [0.15, 0.2) is 30.3 Å². The molecule has 2 heterocycles. The second kappa shape index (κ2) is 7.57. The summed E-state index contributed by atoms with van der Waals surface area (Å²) in [5, 5.41) is 21.2. The van der Waals surface area contributed by atoms with E-state index >= 15 is 0 Å². The van der Waals surface area contributed by atoms with E-state index in [2.05, 4.69) is 27.4 Å². The Hall–Kier alpha value is -2.89. The van der Waals surface area contributed by atoms with Crippen molar-refractivity contribution >= 4 is 16.9 Å². The first-order valence-corrected chi connectivity index (χ1v) is 12.5. The Labute approximate surface area is 194 Å². The fraction of sp³-hybridized carbons (Fsp3) is 0.519. The van der Waals surface area contributed by atoms with Crippen molar-refractivity contribution in [2.75, 3.05) is 0 Å². The molecular weight excluding hydrogens is 412 g/mol. The number of hydrogen-bond donors (Lipinski definition) is 3. The van der Waals surface area contributed by atoms with Gasteiger partial charge in [-0.1, -0.05) is 19.8 Å². The second-order valence-electron chi connectivity index (χ2n) is 10.5. The highest BCUT2D eigenvalue weighted by atomic mass is 16.3. The average Bonchev–Trinajstić information content (AvgIpc) is 3.12. The Balaban J connectivity index is 1.27. The highest BCUT2D eigenvalue weighted by Gasteiger charge is 2.72. The summed E-state index contributed by atoms with van der Waals surface area (Å²) < 4.78 is 0. The minimum atomic E-state index is -0.0318. The summed E-state index contributed by atoms with van der Waals surface area (Å²) in [6, 6.07) is 9.01. The van der Waals surface area contributed by atoms with Gasteiger partial charge in [0.15, 0.2) is 5.65 Å². The van der Waals surface area contributed by atoms with Gasteiger partial charge in [0.2, 0.25) is 0 Å². The Bertz CT molecular complexity index is 1220. The number of fused-ring (bicyclic) bond motifs is 1. The van der Waals surface area contributed by atoms with E-state index in [1.165, 1.54) is 32.1 Å². The van der Waals surface area contributed by atoms with Gasteiger partial charge in [0, 0.05) is 17.3 Å². The quantitative estimate of drug-likeness (QED) is 0.477. The van der Waals surface area contributed by atoms with Gasteiger partial charge in [-0.15, -0.1) is 0 Å². The summed E-state index contributed by atoms with van der Waals surface area (Å²) in [6.07, 6.45) is 8.98. The number of unbranched alkanes of at least 4 members (excludes halogenated alkanes) is 1. The number of carbonyl (C=O) groups is 1. The third kappa shape index (κ3) is 3.17. The zero-order valence-corrected chi connectivity index (χ0v) is 19.4. The molecule has 3 aliphatic carbocycles. The number of aryl methyl sites for hydroxylation is 1. The van der Waals surface area contributed by atoms with Gasteiger partial charge in [0.25, 0.3) is 5.91 Å². The normalized spacial score (nSPS) is 29.8. The summed E-state index contributed by atoms with van der Waals surface area (Å²) in [5.41, 5.74) is 4.07. The third-order valence-electron chi connectivity index (χ3n) is 8.83. The number of benzene rings is 1. The molecule has 0 bridgehead atoms. The molecule has 3 saturated carbocycles. The molecular formula is C27H32N4O2. The summed E-state index contributed by atoms with van der Waals surface area (Å²) in [4.78, 5) is 18.2. The predicted octanol–water partition coefficient (Wildman–Crippen LogP) is 5.36. The van der Waals surface area contributed by atoms with Crippen molar-refractivity contribution < 1.29 is 9.90 Å². The van der Waals surface area contributed by atoms with E-state index in [-0.39, 0.29) is 17.7 Å². The van der Waals surface area contributed by atoms with Gasteiger partial charge in [0.05, 0.1) is 16.6 Å². The lowest BCUT2D eigenvalue weighted by Crippen LogP contribution is -2.33. The number of pyridine rings is 1. The largest absolute Gasteiger partial charge is 0.508 e. The van der Waals surface area contributed by atoms with Gasteiger partial charge in [-0.2, -0.15) is 5.10 Å². The molecule has 3 aromatic rings. The van der Waals surface area contributed by atoms with Gasteiger partial charge in [-0.05, 0) is 92.5 Å². The topological polar surface area (TPSA) is 90.9 Å². The number of aromatic amines is 1. The van der Waals surface area contributed by atoms with Crippen molar-refractivity contribution in [3.8, 4) is 17.0 Å². The third-order valence-corrected chi connectivity index (χ3v) is 8.83. The number of aromatic hydroxyl groups is 1. The molecule has 172 valence electrons. The maximum absolute atomic E-state index is 13.6. The monoisotopic (exact) mass is 444 g/mol. The zero-order chi connectivity index (χ0) is 22.7. The number of aromatic nitrogens is 3. The molecule has 2 aromatic heterocycles. The number of H-pyrrole nitrogens is 1.